The van der Waals surface area contributed by atoms with Gasteiger partial charge in [0.15, 0.2) is 11.6 Å². The van der Waals surface area contributed by atoms with E-state index in [9.17, 15) is 18.9 Å². The van der Waals surface area contributed by atoms with Crippen molar-refractivity contribution in [2.24, 2.45) is 0 Å². The fraction of sp³-hybridized carbons (Fsp3) is 0.200. The quantitative estimate of drug-likeness (QED) is 0.675. The molecule has 2 rings (SSSR count). The number of nitro groups is 1. The van der Waals surface area contributed by atoms with Crippen LogP contribution in [0.25, 0.3) is 0 Å². The number of nitro benzene ring substituents is 1. The summed E-state index contributed by atoms with van der Waals surface area (Å²) in [6, 6.07) is 9.84. The lowest BCUT2D eigenvalue weighted by Crippen LogP contribution is -2.18. The molecule has 110 valence electrons. The van der Waals surface area contributed by atoms with E-state index >= 15 is 0 Å². The minimum absolute atomic E-state index is 0.0222. The van der Waals surface area contributed by atoms with Gasteiger partial charge in [0, 0.05) is 24.7 Å². The van der Waals surface area contributed by atoms with Gasteiger partial charge in [0.1, 0.15) is 0 Å². The van der Waals surface area contributed by atoms with E-state index < -0.39 is 16.6 Å². The second kappa shape index (κ2) is 6.41. The van der Waals surface area contributed by atoms with Gasteiger partial charge in [0.2, 0.25) is 0 Å². The molecule has 0 saturated carbocycles. The number of hydrogen-bond donors (Lipinski definition) is 1. The summed E-state index contributed by atoms with van der Waals surface area (Å²) in [6.07, 6.45) is 0. The molecule has 0 spiro atoms. The highest BCUT2D eigenvalue weighted by Crippen LogP contribution is 2.19. The van der Waals surface area contributed by atoms with Crippen molar-refractivity contribution in [3.63, 3.8) is 0 Å². The van der Waals surface area contributed by atoms with Crippen molar-refractivity contribution < 1.29 is 13.7 Å². The molecular formula is C15H14F2N2O2. The maximum absolute atomic E-state index is 13.1. The number of nitrogens with one attached hydrogen (secondary N) is 1. The maximum atomic E-state index is 13.1. The van der Waals surface area contributed by atoms with Gasteiger partial charge in [-0.25, -0.2) is 8.78 Å². The van der Waals surface area contributed by atoms with Crippen molar-refractivity contribution >= 4 is 5.69 Å². The van der Waals surface area contributed by atoms with Crippen molar-refractivity contribution in [1.29, 1.82) is 0 Å². The minimum Gasteiger partial charge on any atom is -0.306 e. The van der Waals surface area contributed by atoms with Gasteiger partial charge >= 0.3 is 0 Å². The SMILES string of the molecule is CC(NCc1ccc(F)c(F)c1)c1cccc([N+](=O)[O-])c1. The van der Waals surface area contributed by atoms with Gasteiger partial charge in [0.25, 0.3) is 5.69 Å². The van der Waals surface area contributed by atoms with Crippen molar-refractivity contribution in [3.05, 3.63) is 75.3 Å². The zero-order valence-electron chi connectivity index (χ0n) is 11.3. The Bertz CT molecular complexity index is 662. The second-order valence-corrected chi connectivity index (χ2v) is 4.70. The van der Waals surface area contributed by atoms with Crippen molar-refractivity contribution in [2.45, 2.75) is 19.5 Å². The van der Waals surface area contributed by atoms with Crippen molar-refractivity contribution in [3.8, 4) is 0 Å². The average Bonchev–Trinajstić information content (AvgIpc) is 2.48. The summed E-state index contributed by atoms with van der Waals surface area (Å²) in [5, 5.41) is 13.8. The predicted octanol–water partition coefficient (Wildman–Crippen LogP) is 3.72. The number of nitrogens with zero attached hydrogens (tertiary/aromatic N) is 1. The maximum Gasteiger partial charge on any atom is 0.269 e. The first-order valence-electron chi connectivity index (χ1n) is 6.39. The molecule has 0 saturated heterocycles. The summed E-state index contributed by atoms with van der Waals surface area (Å²) in [7, 11) is 0. The molecule has 0 radical (unpaired) electrons. The fourth-order valence-corrected chi connectivity index (χ4v) is 1.95. The molecule has 0 bridgehead atoms. The summed E-state index contributed by atoms with van der Waals surface area (Å²) in [5.41, 5.74) is 1.38. The molecule has 0 amide bonds. The van der Waals surface area contributed by atoms with Gasteiger partial charge in [-0.1, -0.05) is 18.2 Å². The highest BCUT2D eigenvalue weighted by atomic mass is 19.2. The molecule has 1 atom stereocenters. The number of hydrogen-bond acceptors (Lipinski definition) is 3. The van der Waals surface area contributed by atoms with E-state index in [0.29, 0.717) is 12.1 Å². The Hall–Kier alpha value is -2.34. The number of rotatable bonds is 5. The van der Waals surface area contributed by atoms with E-state index in [1.165, 1.54) is 18.2 Å². The average molecular weight is 292 g/mol. The Labute approximate surface area is 120 Å². The molecule has 0 fully saturated rings. The summed E-state index contributed by atoms with van der Waals surface area (Å²) >= 11 is 0. The normalized spacial score (nSPS) is 12.1. The minimum atomic E-state index is -0.891. The van der Waals surface area contributed by atoms with Gasteiger partial charge in [-0.2, -0.15) is 0 Å². The van der Waals surface area contributed by atoms with E-state index in [-0.39, 0.29) is 11.7 Å². The van der Waals surface area contributed by atoms with E-state index in [1.54, 1.807) is 12.1 Å². The Kier molecular flexibility index (Phi) is 4.59. The summed E-state index contributed by atoms with van der Waals surface area (Å²) in [4.78, 5) is 10.3. The van der Waals surface area contributed by atoms with Gasteiger partial charge < -0.3 is 5.32 Å². The molecule has 0 heterocycles. The molecule has 6 heteroatoms. The summed E-state index contributed by atoms with van der Waals surface area (Å²) in [6.45, 7) is 2.18. The molecule has 2 aromatic rings. The number of halogens is 2. The number of non-ortho nitro benzene ring substituents is 1. The summed E-state index contributed by atoms with van der Waals surface area (Å²) < 4.78 is 25.9. The first-order chi connectivity index (χ1) is 9.97. The summed E-state index contributed by atoms with van der Waals surface area (Å²) in [5.74, 6) is -1.78. The van der Waals surface area contributed by atoms with Crippen molar-refractivity contribution in [2.75, 3.05) is 0 Å². The third-order valence-electron chi connectivity index (χ3n) is 3.18. The van der Waals surface area contributed by atoms with Crippen LogP contribution in [0.15, 0.2) is 42.5 Å². The van der Waals surface area contributed by atoms with E-state index in [1.807, 2.05) is 6.92 Å². The predicted molar refractivity (Wildman–Crippen MR) is 74.7 cm³/mol. The van der Waals surface area contributed by atoms with Crippen LogP contribution in [0, 0.1) is 21.7 Å². The largest absolute Gasteiger partial charge is 0.306 e. The zero-order chi connectivity index (χ0) is 15.4. The molecule has 0 aliphatic heterocycles. The van der Waals surface area contributed by atoms with Crippen LogP contribution in [0.3, 0.4) is 0 Å². The topological polar surface area (TPSA) is 55.2 Å². The third kappa shape index (κ3) is 3.82. The third-order valence-corrected chi connectivity index (χ3v) is 3.18. The fourth-order valence-electron chi connectivity index (χ4n) is 1.95. The van der Waals surface area contributed by atoms with E-state index in [0.717, 1.165) is 17.7 Å². The molecular weight excluding hydrogens is 278 g/mol. The van der Waals surface area contributed by atoms with Crippen LogP contribution < -0.4 is 5.32 Å². The van der Waals surface area contributed by atoms with E-state index in [4.69, 9.17) is 0 Å². The van der Waals surface area contributed by atoms with Gasteiger partial charge in [-0.15, -0.1) is 0 Å². The number of benzene rings is 2. The molecule has 0 aromatic heterocycles. The lowest BCUT2D eigenvalue weighted by atomic mass is 10.1. The van der Waals surface area contributed by atoms with Crippen LogP contribution in [-0.4, -0.2) is 4.92 Å². The monoisotopic (exact) mass is 292 g/mol. The molecule has 4 nitrogen and oxygen atoms in total. The van der Waals surface area contributed by atoms with Gasteiger partial charge in [-0.05, 0) is 30.2 Å². The Morgan fingerprint density at radius 1 is 1.19 bits per heavy atom. The van der Waals surface area contributed by atoms with Crippen LogP contribution in [0.5, 0.6) is 0 Å². The molecule has 21 heavy (non-hydrogen) atoms. The molecule has 1 unspecified atom stereocenters. The molecule has 0 aliphatic rings. The Morgan fingerprint density at radius 2 is 1.95 bits per heavy atom. The van der Waals surface area contributed by atoms with Crippen LogP contribution in [0.1, 0.15) is 24.1 Å². The smallest absolute Gasteiger partial charge is 0.269 e. The first kappa shape index (κ1) is 15.1. The van der Waals surface area contributed by atoms with E-state index in [2.05, 4.69) is 5.32 Å². The van der Waals surface area contributed by atoms with Crippen molar-refractivity contribution in [1.82, 2.24) is 5.32 Å². The standard InChI is InChI=1S/C15H14F2N2O2/c1-10(12-3-2-4-13(8-12)19(20)21)18-9-11-5-6-14(16)15(17)7-11/h2-8,10,18H,9H2,1H3. The lowest BCUT2D eigenvalue weighted by Gasteiger charge is -2.14. The Morgan fingerprint density at radius 3 is 2.62 bits per heavy atom. The van der Waals surface area contributed by atoms with Crippen LogP contribution in [0.2, 0.25) is 0 Å². The van der Waals surface area contributed by atoms with Crippen LogP contribution in [-0.2, 0) is 6.54 Å². The zero-order valence-corrected chi connectivity index (χ0v) is 11.3. The molecule has 1 N–H and O–H groups in total. The Balaban J connectivity index is 2.04. The van der Waals surface area contributed by atoms with Gasteiger partial charge in [0.05, 0.1) is 4.92 Å². The second-order valence-electron chi connectivity index (χ2n) is 4.70. The molecule has 2 aromatic carbocycles. The molecule has 0 aliphatic carbocycles. The van der Waals surface area contributed by atoms with Crippen LogP contribution in [0.4, 0.5) is 14.5 Å². The highest BCUT2D eigenvalue weighted by molar-refractivity contribution is 5.35. The van der Waals surface area contributed by atoms with Gasteiger partial charge in [-0.3, -0.25) is 10.1 Å². The van der Waals surface area contributed by atoms with Crippen LogP contribution >= 0.6 is 0 Å². The first-order valence-corrected chi connectivity index (χ1v) is 6.39. The highest BCUT2D eigenvalue weighted by Gasteiger charge is 2.11. The lowest BCUT2D eigenvalue weighted by molar-refractivity contribution is -0.384.